The number of esters is 1. The molecule has 1 aliphatic rings. The Labute approximate surface area is 181 Å². The smallest absolute Gasteiger partial charge is 0.311 e. The van der Waals surface area contributed by atoms with E-state index in [9.17, 15) is 14.4 Å². The van der Waals surface area contributed by atoms with Crippen molar-refractivity contribution in [2.45, 2.75) is 20.3 Å². The van der Waals surface area contributed by atoms with Crippen molar-refractivity contribution in [3.05, 3.63) is 47.5 Å². The molecule has 31 heavy (non-hydrogen) atoms. The van der Waals surface area contributed by atoms with E-state index in [1.54, 1.807) is 23.1 Å². The second kappa shape index (κ2) is 9.51. The molecule has 8 heteroatoms. The number of ether oxygens (including phenoxy) is 3. The van der Waals surface area contributed by atoms with Gasteiger partial charge in [-0.3, -0.25) is 14.4 Å². The standard InChI is InChI=1S/C23H26N2O6/c1-14-7-15(2)9-17(8-14)25-12-16(10-22(25)27)23(28)31-13-21(26)24-19-6-5-18(29-3)11-20(19)30-4/h5-9,11,16H,10,12-13H2,1-4H3,(H,24,26)/t16-/m1/s1. The van der Waals surface area contributed by atoms with Crippen LogP contribution in [0.25, 0.3) is 0 Å². The lowest BCUT2D eigenvalue weighted by Crippen LogP contribution is -2.28. The molecule has 0 unspecified atom stereocenters. The van der Waals surface area contributed by atoms with Crippen LogP contribution >= 0.6 is 0 Å². The summed E-state index contributed by atoms with van der Waals surface area (Å²) in [5.74, 6) is -0.828. The monoisotopic (exact) mass is 426 g/mol. The van der Waals surface area contributed by atoms with Crippen LogP contribution in [-0.4, -0.2) is 45.2 Å². The average Bonchev–Trinajstić information content (AvgIpc) is 3.13. The van der Waals surface area contributed by atoms with Gasteiger partial charge in [-0.25, -0.2) is 0 Å². The fraction of sp³-hybridized carbons (Fsp3) is 0.348. The Balaban J connectivity index is 1.56. The second-order valence-electron chi connectivity index (χ2n) is 7.47. The average molecular weight is 426 g/mol. The summed E-state index contributed by atoms with van der Waals surface area (Å²) < 4.78 is 15.5. The maximum atomic E-state index is 12.4. The molecular formula is C23H26N2O6. The van der Waals surface area contributed by atoms with Gasteiger partial charge in [0.1, 0.15) is 11.5 Å². The molecule has 1 heterocycles. The van der Waals surface area contributed by atoms with Crippen LogP contribution in [0.3, 0.4) is 0 Å². The second-order valence-corrected chi connectivity index (χ2v) is 7.47. The van der Waals surface area contributed by atoms with Crippen molar-refractivity contribution in [1.82, 2.24) is 0 Å². The fourth-order valence-electron chi connectivity index (χ4n) is 3.56. The number of methoxy groups -OCH3 is 2. The Hall–Kier alpha value is -3.55. The van der Waals surface area contributed by atoms with Gasteiger partial charge >= 0.3 is 5.97 Å². The maximum Gasteiger partial charge on any atom is 0.311 e. The molecule has 1 fully saturated rings. The molecule has 2 aromatic rings. The van der Waals surface area contributed by atoms with Crippen LogP contribution in [0.5, 0.6) is 11.5 Å². The first-order chi connectivity index (χ1) is 14.8. The van der Waals surface area contributed by atoms with E-state index >= 15 is 0 Å². The van der Waals surface area contributed by atoms with Gasteiger partial charge in [-0.05, 0) is 49.2 Å². The number of hydrogen-bond acceptors (Lipinski definition) is 6. The normalized spacial score (nSPS) is 15.5. The predicted molar refractivity (Wildman–Crippen MR) is 116 cm³/mol. The molecule has 8 nitrogen and oxygen atoms in total. The molecule has 1 N–H and O–H groups in total. The first-order valence-corrected chi connectivity index (χ1v) is 9.88. The van der Waals surface area contributed by atoms with Crippen molar-refractivity contribution in [3.8, 4) is 11.5 Å². The molecule has 2 aromatic carbocycles. The number of nitrogens with one attached hydrogen (secondary N) is 1. The fourth-order valence-corrected chi connectivity index (χ4v) is 3.56. The van der Waals surface area contributed by atoms with E-state index in [2.05, 4.69) is 5.32 Å². The summed E-state index contributed by atoms with van der Waals surface area (Å²) >= 11 is 0. The van der Waals surface area contributed by atoms with Crippen LogP contribution in [0.15, 0.2) is 36.4 Å². The highest BCUT2D eigenvalue weighted by Gasteiger charge is 2.36. The zero-order valence-electron chi connectivity index (χ0n) is 18.1. The van der Waals surface area contributed by atoms with Gasteiger partial charge in [0.15, 0.2) is 6.61 Å². The molecule has 0 saturated carbocycles. The van der Waals surface area contributed by atoms with Crippen molar-refractivity contribution in [2.75, 3.05) is 37.6 Å². The van der Waals surface area contributed by atoms with Crippen molar-refractivity contribution in [1.29, 1.82) is 0 Å². The summed E-state index contributed by atoms with van der Waals surface area (Å²) in [5.41, 5.74) is 3.28. The van der Waals surface area contributed by atoms with Crippen molar-refractivity contribution < 1.29 is 28.6 Å². The highest BCUT2D eigenvalue weighted by molar-refractivity contribution is 6.00. The number of rotatable bonds is 7. The number of carbonyl (C=O) groups excluding carboxylic acids is 3. The molecule has 164 valence electrons. The number of anilines is 2. The van der Waals surface area contributed by atoms with Gasteiger partial charge in [0, 0.05) is 24.7 Å². The minimum atomic E-state index is -0.614. The van der Waals surface area contributed by atoms with E-state index in [0.29, 0.717) is 17.2 Å². The van der Waals surface area contributed by atoms with Gasteiger partial charge in [-0.1, -0.05) is 6.07 Å². The topological polar surface area (TPSA) is 94.2 Å². The molecule has 1 saturated heterocycles. The summed E-state index contributed by atoms with van der Waals surface area (Å²) in [6, 6.07) is 10.8. The SMILES string of the molecule is COc1ccc(NC(=O)COC(=O)[C@@H]2CC(=O)N(c3cc(C)cc(C)c3)C2)c(OC)c1. The van der Waals surface area contributed by atoms with Gasteiger partial charge < -0.3 is 24.4 Å². The molecule has 0 aromatic heterocycles. The Morgan fingerprint density at radius 3 is 2.42 bits per heavy atom. The minimum absolute atomic E-state index is 0.0553. The molecular weight excluding hydrogens is 400 g/mol. The van der Waals surface area contributed by atoms with Crippen molar-refractivity contribution in [2.24, 2.45) is 5.92 Å². The Morgan fingerprint density at radius 2 is 1.77 bits per heavy atom. The number of nitrogens with zero attached hydrogens (tertiary/aromatic N) is 1. The van der Waals surface area contributed by atoms with Crippen LogP contribution in [0.4, 0.5) is 11.4 Å². The van der Waals surface area contributed by atoms with Gasteiger partial charge in [0.05, 0.1) is 25.8 Å². The third kappa shape index (κ3) is 5.33. The Bertz CT molecular complexity index is 983. The number of hydrogen-bond donors (Lipinski definition) is 1. The van der Waals surface area contributed by atoms with E-state index in [1.807, 2.05) is 32.0 Å². The first-order valence-electron chi connectivity index (χ1n) is 9.88. The molecule has 0 bridgehead atoms. The molecule has 3 rings (SSSR count). The lowest BCUT2D eigenvalue weighted by atomic mass is 10.1. The first kappa shape index (κ1) is 22.1. The molecule has 2 amide bonds. The molecule has 0 spiro atoms. The number of carbonyl (C=O) groups is 3. The van der Waals surface area contributed by atoms with E-state index in [0.717, 1.165) is 16.8 Å². The number of amides is 2. The van der Waals surface area contributed by atoms with E-state index < -0.39 is 24.4 Å². The minimum Gasteiger partial charge on any atom is -0.497 e. The van der Waals surface area contributed by atoms with Crippen LogP contribution in [-0.2, 0) is 19.1 Å². The Morgan fingerprint density at radius 1 is 1.06 bits per heavy atom. The van der Waals surface area contributed by atoms with Gasteiger partial charge in [-0.2, -0.15) is 0 Å². The number of benzene rings is 2. The highest BCUT2D eigenvalue weighted by Crippen LogP contribution is 2.29. The molecule has 1 aliphatic heterocycles. The summed E-state index contributed by atoms with van der Waals surface area (Å²) in [7, 11) is 3.00. The van der Waals surface area contributed by atoms with Gasteiger partial charge in [-0.15, -0.1) is 0 Å². The molecule has 0 aliphatic carbocycles. The van der Waals surface area contributed by atoms with Crippen molar-refractivity contribution >= 4 is 29.2 Å². The number of aryl methyl sites for hydroxylation is 2. The lowest BCUT2D eigenvalue weighted by Gasteiger charge is -2.18. The highest BCUT2D eigenvalue weighted by atomic mass is 16.5. The quantitative estimate of drug-likeness (QED) is 0.685. The summed E-state index contributed by atoms with van der Waals surface area (Å²) in [5, 5.41) is 2.64. The third-order valence-corrected chi connectivity index (χ3v) is 5.00. The van der Waals surface area contributed by atoms with Crippen LogP contribution < -0.4 is 19.7 Å². The van der Waals surface area contributed by atoms with Crippen molar-refractivity contribution in [3.63, 3.8) is 0 Å². The Kier molecular flexibility index (Phi) is 6.79. The zero-order valence-corrected chi connectivity index (χ0v) is 18.1. The maximum absolute atomic E-state index is 12.4. The summed E-state index contributed by atoms with van der Waals surface area (Å²) in [4.78, 5) is 38.7. The molecule has 0 radical (unpaired) electrons. The van der Waals surface area contributed by atoms with Crippen LogP contribution in [0, 0.1) is 19.8 Å². The van der Waals surface area contributed by atoms with Gasteiger partial charge in [0.2, 0.25) is 5.91 Å². The predicted octanol–water partition coefficient (Wildman–Crippen LogP) is 2.86. The van der Waals surface area contributed by atoms with Crippen LogP contribution in [0.1, 0.15) is 17.5 Å². The third-order valence-electron chi connectivity index (χ3n) is 5.00. The summed E-state index contributed by atoms with van der Waals surface area (Å²) in [6.07, 6.45) is 0.0553. The van der Waals surface area contributed by atoms with Crippen LogP contribution in [0.2, 0.25) is 0 Å². The zero-order chi connectivity index (χ0) is 22.5. The largest absolute Gasteiger partial charge is 0.497 e. The van der Waals surface area contributed by atoms with E-state index in [4.69, 9.17) is 14.2 Å². The van der Waals surface area contributed by atoms with E-state index in [1.165, 1.54) is 14.2 Å². The summed E-state index contributed by atoms with van der Waals surface area (Å²) in [6.45, 7) is 3.69. The molecule has 1 atom stereocenters. The van der Waals surface area contributed by atoms with Gasteiger partial charge in [0.25, 0.3) is 5.91 Å². The lowest BCUT2D eigenvalue weighted by molar-refractivity contribution is -0.151. The van der Waals surface area contributed by atoms with E-state index in [-0.39, 0.29) is 18.9 Å².